The number of nitrogens with one attached hydrogen (secondary N) is 1. The lowest BCUT2D eigenvalue weighted by Gasteiger charge is -2.34. The normalized spacial score (nSPS) is 12.7. The second-order valence-electron chi connectivity index (χ2n) is 9.88. The molecule has 3 aromatic carbocycles. The van der Waals surface area contributed by atoms with Crippen molar-refractivity contribution in [1.82, 2.24) is 10.2 Å². The number of halogens is 3. The van der Waals surface area contributed by atoms with Crippen molar-refractivity contribution in [2.45, 2.75) is 45.3 Å². The minimum absolute atomic E-state index is 0.00248. The van der Waals surface area contributed by atoms with Crippen molar-refractivity contribution in [1.29, 1.82) is 0 Å². The summed E-state index contributed by atoms with van der Waals surface area (Å²) >= 11 is 18.6. The molecule has 0 bridgehead atoms. The Labute approximate surface area is 262 Å². The molecular weight excluding hydrogens is 621 g/mol. The van der Waals surface area contributed by atoms with E-state index in [0.717, 1.165) is 16.1 Å². The summed E-state index contributed by atoms with van der Waals surface area (Å²) in [5.74, 6) is -0.405. The highest BCUT2D eigenvalue weighted by Gasteiger charge is 2.34. The SMILES string of the molecule is CC[C@H](C)NC(=O)[C@H](Cc1ccccc1)N(Cc1cccc(OC)c1)C(=O)CN(c1cc(Cl)c(Cl)cc1Cl)S(C)(=O)=O. The van der Waals surface area contributed by atoms with Crippen molar-refractivity contribution >= 4 is 62.3 Å². The van der Waals surface area contributed by atoms with Crippen LogP contribution in [0.5, 0.6) is 5.75 Å². The fourth-order valence-electron chi connectivity index (χ4n) is 4.26. The number of methoxy groups -OCH3 is 1. The lowest BCUT2D eigenvalue weighted by Crippen LogP contribution is -2.54. The molecule has 0 aromatic heterocycles. The summed E-state index contributed by atoms with van der Waals surface area (Å²) in [6.07, 6.45) is 1.85. The molecule has 0 spiro atoms. The minimum Gasteiger partial charge on any atom is -0.497 e. The van der Waals surface area contributed by atoms with E-state index in [4.69, 9.17) is 39.5 Å². The number of amides is 2. The van der Waals surface area contributed by atoms with E-state index in [0.29, 0.717) is 17.7 Å². The molecule has 0 aliphatic rings. The van der Waals surface area contributed by atoms with E-state index < -0.39 is 28.5 Å². The zero-order valence-electron chi connectivity index (χ0n) is 23.8. The average molecular weight is 655 g/mol. The second kappa shape index (κ2) is 15.0. The third-order valence-electron chi connectivity index (χ3n) is 6.70. The Kier molecular flexibility index (Phi) is 11.9. The molecule has 226 valence electrons. The number of hydrogen-bond donors (Lipinski definition) is 1. The molecule has 2 atom stereocenters. The van der Waals surface area contributed by atoms with Crippen LogP contribution in [0, 0.1) is 0 Å². The maximum absolute atomic E-state index is 14.2. The zero-order chi connectivity index (χ0) is 31.0. The van der Waals surface area contributed by atoms with E-state index in [1.165, 1.54) is 24.1 Å². The molecule has 42 heavy (non-hydrogen) atoms. The molecule has 0 heterocycles. The first-order valence-electron chi connectivity index (χ1n) is 13.2. The summed E-state index contributed by atoms with van der Waals surface area (Å²) in [4.78, 5) is 29.3. The van der Waals surface area contributed by atoms with Crippen LogP contribution in [0.15, 0.2) is 66.7 Å². The number of rotatable bonds is 13. The number of hydrogen-bond acceptors (Lipinski definition) is 5. The summed E-state index contributed by atoms with van der Waals surface area (Å²) in [7, 11) is -2.50. The fourth-order valence-corrected chi connectivity index (χ4v) is 5.81. The first-order valence-corrected chi connectivity index (χ1v) is 16.2. The monoisotopic (exact) mass is 653 g/mol. The highest BCUT2D eigenvalue weighted by molar-refractivity contribution is 7.92. The second-order valence-corrected chi connectivity index (χ2v) is 13.0. The third kappa shape index (κ3) is 9.01. The Balaban J connectivity index is 2.11. The van der Waals surface area contributed by atoms with Crippen LogP contribution in [0.1, 0.15) is 31.4 Å². The van der Waals surface area contributed by atoms with Gasteiger partial charge in [0.2, 0.25) is 21.8 Å². The van der Waals surface area contributed by atoms with Crippen LogP contribution in [-0.4, -0.2) is 57.1 Å². The van der Waals surface area contributed by atoms with Gasteiger partial charge in [0.15, 0.2) is 0 Å². The van der Waals surface area contributed by atoms with Gasteiger partial charge in [0.05, 0.1) is 34.1 Å². The fraction of sp³-hybridized carbons (Fsp3) is 0.333. The van der Waals surface area contributed by atoms with Gasteiger partial charge >= 0.3 is 0 Å². The highest BCUT2D eigenvalue weighted by Crippen LogP contribution is 2.35. The van der Waals surface area contributed by atoms with Gasteiger partial charge in [-0.1, -0.05) is 84.2 Å². The van der Waals surface area contributed by atoms with Gasteiger partial charge in [0, 0.05) is 19.0 Å². The molecule has 3 rings (SSSR count). The van der Waals surface area contributed by atoms with Crippen LogP contribution in [0.4, 0.5) is 5.69 Å². The largest absolute Gasteiger partial charge is 0.497 e. The summed E-state index contributed by atoms with van der Waals surface area (Å²) in [6.45, 7) is 3.20. The molecule has 3 aromatic rings. The number of anilines is 1. The van der Waals surface area contributed by atoms with Crippen LogP contribution >= 0.6 is 34.8 Å². The van der Waals surface area contributed by atoms with Crippen molar-refractivity contribution in [3.05, 3.63) is 92.9 Å². The quantitative estimate of drug-likeness (QED) is 0.229. The van der Waals surface area contributed by atoms with Crippen molar-refractivity contribution < 1.29 is 22.7 Å². The molecule has 0 aliphatic heterocycles. The van der Waals surface area contributed by atoms with E-state index in [1.807, 2.05) is 44.2 Å². The molecule has 12 heteroatoms. The molecule has 8 nitrogen and oxygen atoms in total. The minimum atomic E-state index is -4.03. The topological polar surface area (TPSA) is 96.0 Å². The van der Waals surface area contributed by atoms with Crippen molar-refractivity contribution in [3.63, 3.8) is 0 Å². The lowest BCUT2D eigenvalue weighted by molar-refractivity contribution is -0.140. The molecule has 0 unspecified atom stereocenters. The van der Waals surface area contributed by atoms with Gasteiger partial charge in [-0.25, -0.2) is 8.42 Å². The van der Waals surface area contributed by atoms with Crippen LogP contribution in [0.25, 0.3) is 0 Å². The van der Waals surface area contributed by atoms with Gasteiger partial charge in [0.25, 0.3) is 0 Å². The van der Waals surface area contributed by atoms with Crippen molar-refractivity contribution in [2.75, 3.05) is 24.2 Å². The molecular formula is C30H34Cl3N3O5S. The van der Waals surface area contributed by atoms with Crippen LogP contribution in [0.2, 0.25) is 15.1 Å². The predicted octanol–water partition coefficient (Wildman–Crippen LogP) is 5.98. The summed E-state index contributed by atoms with van der Waals surface area (Å²) < 4.78 is 32.2. The van der Waals surface area contributed by atoms with Gasteiger partial charge in [-0.05, 0) is 48.7 Å². The number of ether oxygens (including phenoxy) is 1. The number of carbonyl (C=O) groups excluding carboxylic acids is 2. The number of carbonyl (C=O) groups is 2. The Morgan fingerprint density at radius 2 is 1.57 bits per heavy atom. The van der Waals surface area contributed by atoms with Gasteiger partial charge in [-0.3, -0.25) is 13.9 Å². The highest BCUT2D eigenvalue weighted by atomic mass is 35.5. The molecule has 0 radical (unpaired) electrons. The zero-order valence-corrected chi connectivity index (χ0v) is 26.9. The Hall–Kier alpha value is -2.98. The number of sulfonamides is 1. The van der Waals surface area contributed by atoms with Crippen LogP contribution in [0.3, 0.4) is 0 Å². The van der Waals surface area contributed by atoms with E-state index >= 15 is 0 Å². The lowest BCUT2D eigenvalue weighted by atomic mass is 10.0. The maximum atomic E-state index is 14.2. The van der Waals surface area contributed by atoms with E-state index in [9.17, 15) is 18.0 Å². The van der Waals surface area contributed by atoms with Crippen LogP contribution in [-0.2, 0) is 32.6 Å². The van der Waals surface area contributed by atoms with Crippen molar-refractivity contribution in [3.8, 4) is 5.75 Å². The predicted molar refractivity (Wildman–Crippen MR) is 169 cm³/mol. The van der Waals surface area contributed by atoms with E-state index in [1.54, 1.807) is 24.3 Å². The molecule has 0 aliphatic carbocycles. The number of benzene rings is 3. The van der Waals surface area contributed by atoms with E-state index in [-0.39, 0.29) is 45.7 Å². The first-order chi connectivity index (χ1) is 19.8. The Morgan fingerprint density at radius 1 is 0.929 bits per heavy atom. The third-order valence-corrected chi connectivity index (χ3v) is 8.85. The molecule has 1 N–H and O–H groups in total. The average Bonchev–Trinajstić information content (AvgIpc) is 2.95. The Bertz CT molecular complexity index is 1510. The maximum Gasteiger partial charge on any atom is 0.244 e. The summed E-state index contributed by atoms with van der Waals surface area (Å²) in [6, 6.07) is 17.9. The molecule has 2 amide bonds. The van der Waals surface area contributed by atoms with Crippen LogP contribution < -0.4 is 14.4 Å². The van der Waals surface area contributed by atoms with Gasteiger partial charge in [0.1, 0.15) is 18.3 Å². The molecule has 0 fully saturated rings. The summed E-state index contributed by atoms with van der Waals surface area (Å²) in [5.41, 5.74) is 1.51. The molecule has 0 saturated heterocycles. The first kappa shape index (κ1) is 33.5. The van der Waals surface area contributed by atoms with Gasteiger partial charge < -0.3 is 15.0 Å². The molecule has 0 saturated carbocycles. The Morgan fingerprint density at radius 3 is 2.19 bits per heavy atom. The van der Waals surface area contributed by atoms with Gasteiger partial charge in [-0.15, -0.1) is 0 Å². The smallest absolute Gasteiger partial charge is 0.244 e. The standard InChI is InChI=1S/C30H34Cl3N3O5S/c1-5-20(2)34-30(38)28(15-21-10-7-6-8-11-21)35(18-22-12-9-13-23(14-22)41-3)29(37)19-36(42(4,39)40)27-17-25(32)24(31)16-26(27)33/h6-14,16-17,20,28H,5,15,18-19H2,1-4H3,(H,34,38)/t20-,28-/m0/s1. The summed E-state index contributed by atoms with van der Waals surface area (Å²) in [5, 5.41) is 3.19. The number of nitrogens with zero attached hydrogens (tertiary/aromatic N) is 2. The van der Waals surface area contributed by atoms with Gasteiger partial charge in [-0.2, -0.15) is 0 Å². The van der Waals surface area contributed by atoms with E-state index in [2.05, 4.69) is 5.32 Å². The van der Waals surface area contributed by atoms with Crippen molar-refractivity contribution in [2.24, 2.45) is 0 Å².